The van der Waals surface area contributed by atoms with E-state index in [-0.39, 0.29) is 25.9 Å². The fourth-order valence-electron chi connectivity index (χ4n) is 2.03. The average molecular weight is 284 g/mol. The van der Waals surface area contributed by atoms with Gasteiger partial charge in [-0.1, -0.05) is 20.3 Å². The Morgan fingerprint density at radius 3 is 2.26 bits per heavy atom. The molecule has 0 amide bonds. The van der Waals surface area contributed by atoms with Crippen molar-refractivity contribution in [1.29, 1.82) is 0 Å². The van der Waals surface area contributed by atoms with Gasteiger partial charge in [-0.05, 0) is 32.1 Å². The van der Waals surface area contributed by atoms with Gasteiger partial charge in [-0.15, -0.1) is 0 Å². The van der Waals surface area contributed by atoms with Crippen LogP contribution < -0.4 is 0 Å². The highest BCUT2D eigenvalue weighted by molar-refractivity contribution is 5.79. The lowest BCUT2D eigenvalue weighted by molar-refractivity contribution is -0.172. The summed E-state index contributed by atoms with van der Waals surface area (Å²) < 4.78 is 41.0. The number of carbonyl (C=O) groups is 1. The SMILES string of the molecule is CCCC(O)(C(=O)OCC)C(C)CCCC(F)(F)F. The normalized spacial score (nSPS) is 16.8. The maximum absolute atomic E-state index is 12.1. The lowest BCUT2D eigenvalue weighted by Crippen LogP contribution is -2.46. The first kappa shape index (κ1) is 18.2. The standard InChI is InChI=1S/C13H23F3O3/c1-4-8-12(18,11(17)19-5-2)10(3)7-6-9-13(14,15)16/h10,18H,4-9H2,1-3H3. The Morgan fingerprint density at radius 2 is 1.84 bits per heavy atom. The number of carbonyl (C=O) groups excluding carboxylic acids is 1. The van der Waals surface area contributed by atoms with E-state index in [1.165, 1.54) is 0 Å². The molecule has 114 valence electrons. The number of ether oxygens (including phenoxy) is 1. The second-order valence-electron chi connectivity index (χ2n) is 4.80. The van der Waals surface area contributed by atoms with Crippen LogP contribution in [-0.2, 0) is 9.53 Å². The second-order valence-corrected chi connectivity index (χ2v) is 4.80. The Kier molecular flexibility index (Phi) is 7.41. The maximum Gasteiger partial charge on any atom is 0.389 e. The summed E-state index contributed by atoms with van der Waals surface area (Å²) in [6, 6.07) is 0. The first-order valence-corrected chi connectivity index (χ1v) is 6.63. The van der Waals surface area contributed by atoms with Crippen molar-refractivity contribution in [3.8, 4) is 0 Å². The molecule has 2 unspecified atom stereocenters. The number of esters is 1. The van der Waals surface area contributed by atoms with Crippen LogP contribution in [0.1, 0.15) is 52.9 Å². The van der Waals surface area contributed by atoms with Gasteiger partial charge in [0.1, 0.15) is 0 Å². The number of alkyl halides is 3. The second kappa shape index (κ2) is 7.72. The van der Waals surface area contributed by atoms with Crippen molar-refractivity contribution in [2.45, 2.75) is 64.7 Å². The number of halogens is 3. The molecule has 0 aliphatic carbocycles. The Bertz CT molecular complexity index is 279. The minimum Gasteiger partial charge on any atom is -0.464 e. The summed E-state index contributed by atoms with van der Waals surface area (Å²) in [5.41, 5.74) is -1.68. The molecule has 0 radical (unpaired) electrons. The molecule has 1 N–H and O–H groups in total. The largest absolute Gasteiger partial charge is 0.464 e. The third-order valence-electron chi connectivity index (χ3n) is 3.17. The molecule has 2 atom stereocenters. The quantitative estimate of drug-likeness (QED) is 0.694. The van der Waals surface area contributed by atoms with Crippen LogP contribution in [0, 0.1) is 5.92 Å². The fourth-order valence-corrected chi connectivity index (χ4v) is 2.03. The van der Waals surface area contributed by atoms with E-state index in [9.17, 15) is 23.1 Å². The van der Waals surface area contributed by atoms with Crippen LogP contribution in [0.25, 0.3) is 0 Å². The minimum absolute atomic E-state index is 0.101. The summed E-state index contributed by atoms with van der Waals surface area (Å²) >= 11 is 0. The molecule has 19 heavy (non-hydrogen) atoms. The van der Waals surface area contributed by atoms with E-state index in [4.69, 9.17) is 4.74 Å². The van der Waals surface area contributed by atoms with Crippen LogP contribution in [0.4, 0.5) is 13.2 Å². The lowest BCUT2D eigenvalue weighted by atomic mass is 9.81. The molecule has 0 aromatic carbocycles. The van der Waals surface area contributed by atoms with Crippen molar-refractivity contribution in [2.24, 2.45) is 5.92 Å². The Labute approximate surface area is 112 Å². The van der Waals surface area contributed by atoms with Gasteiger partial charge in [0.15, 0.2) is 5.60 Å². The number of hydrogen-bond donors (Lipinski definition) is 1. The van der Waals surface area contributed by atoms with Crippen LogP contribution in [-0.4, -0.2) is 29.5 Å². The van der Waals surface area contributed by atoms with Crippen LogP contribution >= 0.6 is 0 Å². The summed E-state index contributed by atoms with van der Waals surface area (Å²) in [7, 11) is 0. The van der Waals surface area contributed by atoms with E-state index in [0.29, 0.717) is 6.42 Å². The number of aliphatic hydroxyl groups is 1. The molecule has 0 fully saturated rings. The third kappa shape index (κ3) is 6.27. The predicted octanol–water partition coefficient (Wildman–Crippen LogP) is 3.45. The number of hydrogen-bond acceptors (Lipinski definition) is 3. The maximum atomic E-state index is 12.1. The molecule has 0 aromatic heterocycles. The van der Waals surface area contributed by atoms with Gasteiger partial charge in [0.2, 0.25) is 0 Å². The molecular formula is C13H23F3O3. The van der Waals surface area contributed by atoms with E-state index in [1.807, 2.05) is 0 Å². The first-order valence-electron chi connectivity index (χ1n) is 6.63. The minimum atomic E-state index is -4.20. The van der Waals surface area contributed by atoms with Crippen molar-refractivity contribution in [1.82, 2.24) is 0 Å². The average Bonchev–Trinajstić information content (AvgIpc) is 2.27. The van der Waals surface area contributed by atoms with Crippen LogP contribution in [0.15, 0.2) is 0 Å². The lowest BCUT2D eigenvalue weighted by Gasteiger charge is -2.31. The molecule has 0 heterocycles. The van der Waals surface area contributed by atoms with Gasteiger partial charge in [-0.25, -0.2) is 4.79 Å². The third-order valence-corrected chi connectivity index (χ3v) is 3.17. The zero-order chi connectivity index (χ0) is 15.1. The molecule has 0 aliphatic heterocycles. The van der Waals surface area contributed by atoms with Crippen molar-refractivity contribution in [3.05, 3.63) is 0 Å². The van der Waals surface area contributed by atoms with Gasteiger partial charge in [0.25, 0.3) is 0 Å². The van der Waals surface area contributed by atoms with E-state index in [1.54, 1.807) is 20.8 Å². The van der Waals surface area contributed by atoms with E-state index in [2.05, 4.69) is 0 Å². The molecule has 0 spiro atoms. The highest BCUT2D eigenvalue weighted by atomic mass is 19.4. The summed E-state index contributed by atoms with van der Waals surface area (Å²) in [6.45, 7) is 5.15. The van der Waals surface area contributed by atoms with Crippen LogP contribution in [0.5, 0.6) is 0 Å². The zero-order valence-corrected chi connectivity index (χ0v) is 11.7. The molecule has 0 bridgehead atoms. The molecule has 0 saturated heterocycles. The van der Waals surface area contributed by atoms with Gasteiger partial charge in [0.05, 0.1) is 6.61 Å². The van der Waals surface area contributed by atoms with E-state index < -0.39 is 30.1 Å². The monoisotopic (exact) mass is 284 g/mol. The molecule has 0 rings (SSSR count). The highest BCUT2D eigenvalue weighted by Gasteiger charge is 2.42. The van der Waals surface area contributed by atoms with Crippen molar-refractivity contribution < 1.29 is 27.8 Å². The smallest absolute Gasteiger partial charge is 0.389 e. The molecule has 0 saturated carbocycles. The van der Waals surface area contributed by atoms with Crippen molar-refractivity contribution in [3.63, 3.8) is 0 Å². The Balaban J connectivity index is 4.56. The Morgan fingerprint density at radius 1 is 1.26 bits per heavy atom. The van der Waals surface area contributed by atoms with Crippen molar-refractivity contribution >= 4 is 5.97 Å². The highest BCUT2D eigenvalue weighted by Crippen LogP contribution is 2.31. The van der Waals surface area contributed by atoms with Crippen LogP contribution in [0.2, 0.25) is 0 Å². The summed E-state index contributed by atoms with van der Waals surface area (Å²) in [6.07, 6.45) is -4.32. The van der Waals surface area contributed by atoms with Gasteiger partial charge in [-0.3, -0.25) is 0 Å². The fraction of sp³-hybridized carbons (Fsp3) is 0.923. The zero-order valence-electron chi connectivity index (χ0n) is 11.7. The van der Waals surface area contributed by atoms with Gasteiger partial charge >= 0.3 is 12.1 Å². The summed E-state index contributed by atoms with van der Waals surface area (Å²) in [5, 5.41) is 10.4. The van der Waals surface area contributed by atoms with Gasteiger partial charge in [0, 0.05) is 6.42 Å². The Hall–Kier alpha value is -0.780. The van der Waals surface area contributed by atoms with E-state index in [0.717, 1.165) is 0 Å². The van der Waals surface area contributed by atoms with Crippen LogP contribution in [0.3, 0.4) is 0 Å². The van der Waals surface area contributed by atoms with Gasteiger partial charge < -0.3 is 9.84 Å². The van der Waals surface area contributed by atoms with Gasteiger partial charge in [-0.2, -0.15) is 13.2 Å². The first-order chi connectivity index (χ1) is 8.67. The topological polar surface area (TPSA) is 46.5 Å². The molecule has 6 heteroatoms. The summed E-state index contributed by atoms with van der Waals surface area (Å²) in [4.78, 5) is 11.8. The molecular weight excluding hydrogens is 261 g/mol. The van der Waals surface area contributed by atoms with Crippen molar-refractivity contribution in [2.75, 3.05) is 6.61 Å². The number of rotatable bonds is 8. The van der Waals surface area contributed by atoms with E-state index >= 15 is 0 Å². The predicted molar refractivity (Wildman–Crippen MR) is 65.6 cm³/mol. The molecule has 0 aromatic rings. The molecule has 0 aliphatic rings. The summed E-state index contributed by atoms with van der Waals surface area (Å²) in [5.74, 6) is -1.30. The molecule has 3 nitrogen and oxygen atoms in total.